The van der Waals surface area contributed by atoms with Crippen LogP contribution in [-0.4, -0.2) is 236 Å². The summed E-state index contributed by atoms with van der Waals surface area (Å²) in [7, 11) is 8.10. The molecule has 1 fully saturated rings. The van der Waals surface area contributed by atoms with E-state index in [0.717, 1.165) is 14.7 Å². The third-order valence-corrected chi connectivity index (χ3v) is 17.3. The van der Waals surface area contributed by atoms with Crippen molar-refractivity contribution in [2.45, 2.75) is 229 Å². The third kappa shape index (κ3) is 22.2. The Morgan fingerprint density at radius 3 is 1.38 bits per heavy atom. The van der Waals surface area contributed by atoms with Crippen molar-refractivity contribution < 1.29 is 67.7 Å². The van der Waals surface area contributed by atoms with E-state index in [1.165, 1.54) is 70.8 Å². The summed E-state index contributed by atoms with van der Waals surface area (Å²) in [5.41, 5.74) is 1.35. The van der Waals surface area contributed by atoms with Crippen LogP contribution in [0, 0.1) is 47.3 Å². The van der Waals surface area contributed by atoms with E-state index in [0.29, 0.717) is 16.9 Å². The van der Waals surface area contributed by atoms with Gasteiger partial charge in [-0.3, -0.25) is 47.9 Å². The number of ether oxygens (including phenoxy) is 1. The Bertz CT molecular complexity index is 2890. The predicted octanol–water partition coefficient (Wildman–Crippen LogP) is 3.50. The molecular weight excluding hydrogens is 1210 g/mol. The van der Waals surface area contributed by atoms with Crippen LogP contribution in [0.3, 0.4) is 0 Å². The van der Waals surface area contributed by atoms with Crippen molar-refractivity contribution in [2.24, 2.45) is 47.3 Å². The number of para-hydroxylation sites is 2. The van der Waals surface area contributed by atoms with Gasteiger partial charge in [-0.1, -0.05) is 116 Å². The number of imidazole rings is 1. The van der Waals surface area contributed by atoms with E-state index in [4.69, 9.17) is 4.74 Å². The second kappa shape index (κ2) is 36.0. The summed E-state index contributed by atoms with van der Waals surface area (Å²) in [6.07, 6.45) is -4.30. The molecule has 2 aromatic rings. The van der Waals surface area contributed by atoms with Gasteiger partial charge in [0.2, 0.25) is 53.2 Å². The fraction of sp³-hybridized carbons (Fsp3) is 0.735. The zero-order chi connectivity index (χ0) is 71.8. The van der Waals surface area contributed by atoms with Crippen LogP contribution < -0.4 is 21.3 Å². The Labute approximate surface area is 557 Å². The minimum Gasteiger partial charge on any atom is -0.450 e. The van der Waals surface area contributed by atoms with E-state index >= 15 is 14.4 Å². The summed E-state index contributed by atoms with van der Waals surface area (Å²) in [5, 5.41) is 34.8. The highest BCUT2D eigenvalue weighted by atomic mass is 16.6. The number of esters is 1. The number of likely N-dealkylation sites (N-methyl/N-ethyl adjacent to an activating group) is 6. The summed E-state index contributed by atoms with van der Waals surface area (Å²) >= 11 is 0. The summed E-state index contributed by atoms with van der Waals surface area (Å²) in [6.45, 7) is 28.6. The number of carbonyl (C=O) groups is 11. The monoisotopic (exact) mass is 1320 g/mol. The van der Waals surface area contributed by atoms with Gasteiger partial charge in [-0.25, -0.2) is 9.78 Å². The first-order valence-corrected chi connectivity index (χ1v) is 33.3. The smallest absolute Gasteiger partial charge is 0.329 e. The van der Waals surface area contributed by atoms with Gasteiger partial charge in [0, 0.05) is 48.7 Å². The molecule has 0 radical (unpaired) electrons. The minimum atomic E-state index is -1.82. The molecule has 1 aliphatic heterocycles. The fourth-order valence-electron chi connectivity index (χ4n) is 11.9. The van der Waals surface area contributed by atoms with Gasteiger partial charge in [0.15, 0.2) is 6.10 Å². The van der Waals surface area contributed by atoms with E-state index in [2.05, 4.69) is 31.2 Å². The first kappa shape index (κ1) is 81.0. The number of rotatable bonds is 17. The number of carbonyl (C=O) groups excluding carboxylic acids is 11. The van der Waals surface area contributed by atoms with Crippen LogP contribution >= 0.6 is 0 Å². The van der Waals surface area contributed by atoms with Crippen LogP contribution in [0.1, 0.15) is 156 Å². The molecule has 2 heterocycles. The lowest BCUT2D eigenvalue weighted by Crippen LogP contribution is -2.64. The van der Waals surface area contributed by atoms with Gasteiger partial charge >= 0.3 is 5.97 Å². The van der Waals surface area contributed by atoms with Gasteiger partial charge in [0.25, 0.3) is 5.91 Å². The maximum atomic E-state index is 15.4. The number of aromatic amines is 1. The van der Waals surface area contributed by atoms with Crippen LogP contribution in [0.4, 0.5) is 0 Å². The highest BCUT2D eigenvalue weighted by Gasteiger charge is 2.46. The number of nitrogens with zero attached hydrogens (tertiary/aromatic N) is 7. The van der Waals surface area contributed by atoms with Crippen molar-refractivity contribution in [3.05, 3.63) is 30.1 Å². The van der Waals surface area contributed by atoms with Crippen molar-refractivity contribution in [3.8, 4) is 0 Å². The summed E-state index contributed by atoms with van der Waals surface area (Å²) < 4.78 is 5.91. The fourth-order valence-corrected chi connectivity index (χ4v) is 11.9. The molecule has 0 aliphatic carbocycles. The SMILES string of the molecule is CC(C)C[C@@H]1NC(=O)[C@H](CC(C)C)N(C)C(=O)CN(C)C(=O)[C@H]([C@@H](C)O)NC(=O)[C@H]([C@H](O)[C@H](C)Cc2nc3ccccc3[nH]2)N(C)C(=O)[C@H](C(C)C)N(C)C(=O)[C@@H](CC(C)C)NC(=O)[C@H](CC(C)C)N(C)C(=O)[C@@H](C(C)C)OC(=O)[C@H](C)NC(=O)[C@H](CC(C)C)N(C)C1=O. The molecule has 0 spiro atoms. The number of fused-ring (bicyclic) bond motifs is 1. The highest BCUT2D eigenvalue weighted by molar-refractivity contribution is 5.99. The van der Waals surface area contributed by atoms with Crippen LogP contribution in [0.2, 0.25) is 0 Å². The number of H-pyrrole nitrogens is 1. The second-order valence-electron chi connectivity index (χ2n) is 28.9. The van der Waals surface area contributed by atoms with E-state index in [9.17, 15) is 48.6 Å². The summed E-state index contributed by atoms with van der Waals surface area (Å²) in [5.74, 6) is -11.5. The molecule has 94 heavy (non-hydrogen) atoms. The Morgan fingerprint density at radius 1 is 0.500 bits per heavy atom. The number of benzene rings is 1. The molecule has 26 nitrogen and oxygen atoms in total. The van der Waals surface area contributed by atoms with Gasteiger partial charge < -0.3 is 70.6 Å². The average molecular weight is 1320 g/mol. The summed E-state index contributed by atoms with van der Waals surface area (Å²) in [6, 6.07) is -5.25. The van der Waals surface area contributed by atoms with Gasteiger partial charge in [0.1, 0.15) is 60.2 Å². The lowest BCUT2D eigenvalue weighted by Gasteiger charge is -2.40. The number of hydrogen-bond donors (Lipinski definition) is 7. The number of nitrogens with one attached hydrogen (secondary N) is 5. The molecule has 1 aromatic heterocycles. The van der Waals surface area contributed by atoms with E-state index in [-0.39, 0.29) is 68.1 Å². The van der Waals surface area contributed by atoms with Crippen molar-refractivity contribution >= 4 is 76.1 Å². The number of aliphatic hydroxyl groups is 2. The van der Waals surface area contributed by atoms with Gasteiger partial charge in [0.05, 0.1) is 29.8 Å². The molecule has 26 heteroatoms. The van der Waals surface area contributed by atoms with Gasteiger partial charge in [-0.2, -0.15) is 0 Å². The lowest BCUT2D eigenvalue weighted by atomic mass is 9.91. The molecule has 13 atom stereocenters. The maximum absolute atomic E-state index is 15.4. The molecule has 1 saturated heterocycles. The Hall–Kier alpha value is -7.22. The van der Waals surface area contributed by atoms with Crippen LogP contribution in [-0.2, 0) is 63.9 Å². The number of cyclic esters (lactones) is 1. The van der Waals surface area contributed by atoms with Crippen molar-refractivity contribution in [3.63, 3.8) is 0 Å². The van der Waals surface area contributed by atoms with E-state index < -0.39 is 162 Å². The van der Waals surface area contributed by atoms with E-state index in [1.807, 2.05) is 87.4 Å². The first-order chi connectivity index (χ1) is 43.5. The number of amides is 10. The maximum Gasteiger partial charge on any atom is 0.329 e. The molecule has 1 aromatic carbocycles. The normalized spacial score (nSPS) is 25.7. The summed E-state index contributed by atoms with van der Waals surface area (Å²) in [4.78, 5) is 177. The van der Waals surface area contributed by atoms with Crippen LogP contribution in [0.25, 0.3) is 11.0 Å². The molecule has 0 bridgehead atoms. The first-order valence-electron chi connectivity index (χ1n) is 33.3. The molecule has 0 saturated carbocycles. The molecule has 1 aliphatic rings. The average Bonchev–Trinajstić information content (AvgIpc) is 0.865. The third-order valence-electron chi connectivity index (χ3n) is 17.3. The Morgan fingerprint density at radius 2 is 0.936 bits per heavy atom. The van der Waals surface area contributed by atoms with Gasteiger partial charge in [-0.15, -0.1) is 0 Å². The molecule has 7 N–H and O–H groups in total. The standard InChI is InChI=1S/C68H114N12O14/c1-35(2)28-47-63(88)77(20)50(31-38(7)8)59(84)69-43(16)68(93)94-58(41(13)14)67(92)78(21)51(32-39(9)10)61(86)73-48(29-36(3)4)64(89)79(22)55(40(11)12)66(91)80(23)56(57(83)42(15)33-52-70-45-26-24-25-27-46(45)71-52)62(87)74-54(44(17)81)65(90)75(18)34-53(82)76(19)49(30-37(5)6)60(85)72-47/h24-27,35-44,47-51,54-58,81,83H,28-34H2,1-23H3,(H,69,84)(H,70,71)(H,72,85)(H,73,86)(H,74,87)/t42-,43+,44-,47+,48-,49+,50+,51+,54+,55+,56+,57-,58-/m1/s1. The lowest BCUT2D eigenvalue weighted by molar-refractivity contribution is -0.166. The van der Waals surface area contributed by atoms with Crippen molar-refractivity contribution in [1.82, 2.24) is 60.6 Å². The topological polar surface area (TPSA) is 334 Å². The van der Waals surface area contributed by atoms with Crippen LogP contribution in [0.5, 0.6) is 0 Å². The zero-order valence-electron chi connectivity index (χ0n) is 60.2. The molecular formula is C68H114N12O14. The number of aliphatic hydroxyl groups excluding tert-OH is 2. The number of hydrogen-bond acceptors (Lipinski definition) is 15. The predicted molar refractivity (Wildman–Crippen MR) is 357 cm³/mol. The molecule has 0 unspecified atom stereocenters. The molecule has 3 rings (SSSR count). The Balaban J connectivity index is 2.36. The second-order valence-corrected chi connectivity index (χ2v) is 28.9. The molecule has 530 valence electrons. The Kier molecular flexibility index (Phi) is 31.1. The van der Waals surface area contributed by atoms with Gasteiger partial charge in [-0.05, 0) is 105 Å². The quantitative estimate of drug-likeness (QED) is 0.112. The number of aromatic nitrogens is 2. The molecule has 10 amide bonds. The van der Waals surface area contributed by atoms with Crippen molar-refractivity contribution in [2.75, 3.05) is 48.8 Å². The highest BCUT2D eigenvalue weighted by Crippen LogP contribution is 2.26. The van der Waals surface area contributed by atoms with E-state index in [1.54, 1.807) is 40.7 Å². The minimum absolute atomic E-state index is 0.0568. The zero-order valence-corrected chi connectivity index (χ0v) is 60.2. The van der Waals surface area contributed by atoms with Crippen LogP contribution in [0.15, 0.2) is 24.3 Å². The van der Waals surface area contributed by atoms with Crippen molar-refractivity contribution in [1.29, 1.82) is 0 Å². The largest absolute Gasteiger partial charge is 0.450 e.